The molecule has 26 heavy (non-hydrogen) atoms. The van der Waals surface area contributed by atoms with Crippen molar-refractivity contribution in [3.8, 4) is 5.75 Å². The van der Waals surface area contributed by atoms with Crippen LogP contribution in [0.2, 0.25) is 0 Å². The molecule has 2 atom stereocenters. The highest BCUT2D eigenvalue weighted by atomic mass is 16.5. The fourth-order valence-electron chi connectivity index (χ4n) is 4.40. The molecule has 5 nitrogen and oxygen atoms in total. The molecule has 2 aromatic carbocycles. The van der Waals surface area contributed by atoms with Gasteiger partial charge in [-0.25, -0.2) is 0 Å². The Hall–Kier alpha value is -1.66. The summed E-state index contributed by atoms with van der Waals surface area (Å²) < 4.78 is 11.4. The number of methoxy groups -OCH3 is 1. The van der Waals surface area contributed by atoms with Crippen molar-refractivity contribution in [2.45, 2.75) is 43.6 Å². The maximum atomic E-state index is 10.4. The third-order valence-corrected chi connectivity index (χ3v) is 6.00. The zero-order valence-electron chi connectivity index (χ0n) is 15.2. The van der Waals surface area contributed by atoms with Crippen LogP contribution in [0.5, 0.6) is 5.75 Å². The smallest absolute Gasteiger partial charge is 0.126 e. The largest absolute Gasteiger partial charge is 0.496 e. The number of nitrogens with zero attached hydrogens (tertiary/aromatic N) is 1. The number of benzene rings is 2. The number of likely N-dealkylation sites (tertiary alicyclic amines) is 1. The van der Waals surface area contributed by atoms with Gasteiger partial charge in [0, 0.05) is 25.0 Å². The molecule has 4 rings (SSSR count). The molecular weight excluding hydrogens is 330 g/mol. The third-order valence-electron chi connectivity index (χ3n) is 6.00. The van der Waals surface area contributed by atoms with E-state index in [1.165, 1.54) is 10.9 Å². The molecule has 5 heteroatoms. The normalized spacial score (nSPS) is 26.3. The van der Waals surface area contributed by atoms with Crippen LogP contribution in [-0.2, 0) is 11.3 Å². The molecule has 2 heterocycles. The van der Waals surface area contributed by atoms with Gasteiger partial charge in [-0.05, 0) is 36.3 Å². The van der Waals surface area contributed by atoms with Crippen molar-refractivity contribution >= 4 is 10.8 Å². The molecule has 0 aromatic heterocycles. The van der Waals surface area contributed by atoms with Crippen molar-refractivity contribution < 1.29 is 19.7 Å². The van der Waals surface area contributed by atoms with Crippen LogP contribution in [0, 0.1) is 0 Å². The van der Waals surface area contributed by atoms with Crippen molar-refractivity contribution in [1.29, 1.82) is 0 Å². The van der Waals surface area contributed by atoms with Gasteiger partial charge in [-0.15, -0.1) is 0 Å². The highest BCUT2D eigenvalue weighted by Crippen LogP contribution is 2.36. The number of aliphatic hydroxyl groups excluding tert-OH is 2. The van der Waals surface area contributed by atoms with Crippen molar-refractivity contribution in [2.24, 2.45) is 0 Å². The lowest BCUT2D eigenvalue weighted by Crippen LogP contribution is -2.59. The van der Waals surface area contributed by atoms with E-state index in [0.29, 0.717) is 13.0 Å². The van der Waals surface area contributed by atoms with Crippen LogP contribution in [0.4, 0.5) is 0 Å². The summed E-state index contributed by atoms with van der Waals surface area (Å²) in [5.41, 5.74) is 0.707. The average Bonchev–Trinajstić information content (AvgIpc) is 2.68. The zero-order chi connectivity index (χ0) is 18.1. The maximum absolute atomic E-state index is 10.4. The Morgan fingerprint density at radius 1 is 1.12 bits per heavy atom. The minimum atomic E-state index is -0.778. The molecule has 2 N–H and O–H groups in total. The lowest BCUT2D eigenvalue weighted by Gasteiger charge is -2.48. The van der Waals surface area contributed by atoms with Gasteiger partial charge in [0.15, 0.2) is 0 Å². The molecule has 0 radical (unpaired) electrons. The molecule has 1 spiro atoms. The van der Waals surface area contributed by atoms with Crippen LogP contribution in [0.3, 0.4) is 0 Å². The minimum absolute atomic E-state index is 0.518. The summed E-state index contributed by atoms with van der Waals surface area (Å²) in [4.78, 5) is 2.40. The second-order valence-electron chi connectivity index (χ2n) is 7.46. The van der Waals surface area contributed by atoms with E-state index in [-0.39, 0.29) is 0 Å². The molecule has 140 valence electrons. The van der Waals surface area contributed by atoms with E-state index in [2.05, 4.69) is 29.2 Å². The molecule has 2 fully saturated rings. The highest BCUT2D eigenvalue weighted by molar-refractivity contribution is 5.91. The Morgan fingerprint density at radius 2 is 1.85 bits per heavy atom. The quantitative estimate of drug-likeness (QED) is 0.883. The Kier molecular flexibility index (Phi) is 4.88. The van der Waals surface area contributed by atoms with Gasteiger partial charge < -0.3 is 19.7 Å². The summed E-state index contributed by atoms with van der Waals surface area (Å²) in [6.45, 7) is 3.09. The first-order valence-electron chi connectivity index (χ1n) is 9.40. The van der Waals surface area contributed by atoms with Crippen molar-refractivity contribution in [1.82, 2.24) is 4.90 Å². The van der Waals surface area contributed by atoms with E-state index in [9.17, 15) is 10.2 Å². The number of hydrogen-bond acceptors (Lipinski definition) is 5. The first-order chi connectivity index (χ1) is 12.6. The lowest BCUT2D eigenvalue weighted by atomic mass is 9.80. The molecule has 0 bridgehead atoms. The Balaban J connectivity index is 1.49. The van der Waals surface area contributed by atoms with Crippen molar-refractivity contribution in [3.05, 3.63) is 42.0 Å². The molecule has 0 saturated carbocycles. The number of hydrogen-bond donors (Lipinski definition) is 2. The molecule has 0 unspecified atom stereocenters. The van der Waals surface area contributed by atoms with Gasteiger partial charge in [0.05, 0.1) is 25.4 Å². The minimum Gasteiger partial charge on any atom is -0.496 e. The number of ether oxygens (including phenoxy) is 2. The van der Waals surface area contributed by atoms with Gasteiger partial charge in [0.25, 0.3) is 0 Å². The monoisotopic (exact) mass is 357 g/mol. The van der Waals surface area contributed by atoms with Crippen LogP contribution in [0.15, 0.2) is 36.4 Å². The summed E-state index contributed by atoms with van der Waals surface area (Å²) in [5.74, 6) is 0.898. The van der Waals surface area contributed by atoms with Gasteiger partial charge in [-0.1, -0.05) is 30.3 Å². The Morgan fingerprint density at radius 3 is 2.58 bits per heavy atom. The molecule has 2 aliphatic rings. The van der Waals surface area contributed by atoms with E-state index in [0.717, 1.165) is 43.6 Å². The fraction of sp³-hybridized carbons (Fsp3) is 0.524. The number of aliphatic hydroxyl groups is 2. The van der Waals surface area contributed by atoms with Crippen LogP contribution >= 0.6 is 0 Å². The van der Waals surface area contributed by atoms with Gasteiger partial charge in [-0.2, -0.15) is 0 Å². The molecule has 2 aliphatic heterocycles. The standard InChI is InChI=1S/C21H27NO4/c1-25-19-7-6-15(16-4-2-3-5-17(16)19)14-22-11-9-21(10-12-22)20(24)18(23)8-13-26-21/h2-7,18,20,23-24H,8-14H2,1H3/t18-,20-/m0/s1. The Bertz CT molecular complexity index is 770. The summed E-state index contributed by atoms with van der Waals surface area (Å²) in [6.07, 6.45) is 0.573. The van der Waals surface area contributed by atoms with E-state index in [1.54, 1.807) is 7.11 Å². The maximum Gasteiger partial charge on any atom is 0.126 e. The summed E-state index contributed by atoms with van der Waals surface area (Å²) in [6, 6.07) is 12.5. The van der Waals surface area contributed by atoms with E-state index < -0.39 is 17.8 Å². The zero-order valence-corrected chi connectivity index (χ0v) is 15.2. The van der Waals surface area contributed by atoms with Crippen LogP contribution in [-0.4, -0.2) is 59.7 Å². The second-order valence-corrected chi connectivity index (χ2v) is 7.46. The predicted molar refractivity (Wildman–Crippen MR) is 100 cm³/mol. The summed E-state index contributed by atoms with van der Waals surface area (Å²) >= 11 is 0. The van der Waals surface area contributed by atoms with Crippen LogP contribution in [0.1, 0.15) is 24.8 Å². The highest BCUT2D eigenvalue weighted by Gasteiger charge is 2.47. The van der Waals surface area contributed by atoms with E-state index in [4.69, 9.17) is 9.47 Å². The molecule has 2 saturated heterocycles. The second kappa shape index (κ2) is 7.16. The van der Waals surface area contributed by atoms with Gasteiger partial charge >= 0.3 is 0 Å². The SMILES string of the molecule is COc1ccc(CN2CCC3(CC2)OCC[C@H](O)[C@@H]3O)c2ccccc12. The van der Waals surface area contributed by atoms with Crippen LogP contribution in [0.25, 0.3) is 10.8 Å². The molecule has 2 aromatic rings. The first kappa shape index (κ1) is 17.7. The van der Waals surface area contributed by atoms with Gasteiger partial charge in [0.1, 0.15) is 11.9 Å². The van der Waals surface area contributed by atoms with Crippen molar-refractivity contribution in [2.75, 3.05) is 26.8 Å². The number of rotatable bonds is 3. The van der Waals surface area contributed by atoms with Crippen LogP contribution < -0.4 is 4.74 Å². The molecule has 0 amide bonds. The summed E-state index contributed by atoms with van der Waals surface area (Å²) in [5, 5.41) is 22.8. The first-order valence-corrected chi connectivity index (χ1v) is 9.40. The third kappa shape index (κ3) is 3.09. The lowest BCUT2D eigenvalue weighted by molar-refractivity contribution is -0.214. The van der Waals surface area contributed by atoms with Gasteiger partial charge in [0.2, 0.25) is 0 Å². The topological polar surface area (TPSA) is 62.2 Å². The van der Waals surface area contributed by atoms with Crippen molar-refractivity contribution in [3.63, 3.8) is 0 Å². The predicted octanol–water partition coefficient (Wildman–Crippen LogP) is 2.33. The molecule has 0 aliphatic carbocycles. The Labute approximate surface area is 154 Å². The number of fused-ring (bicyclic) bond motifs is 1. The van der Waals surface area contributed by atoms with E-state index in [1.807, 2.05) is 12.1 Å². The average molecular weight is 357 g/mol. The fourth-order valence-corrected chi connectivity index (χ4v) is 4.40. The molecular formula is C21H27NO4. The van der Waals surface area contributed by atoms with E-state index >= 15 is 0 Å². The van der Waals surface area contributed by atoms with Gasteiger partial charge in [-0.3, -0.25) is 4.90 Å². The summed E-state index contributed by atoms with van der Waals surface area (Å²) in [7, 11) is 1.70. The number of piperidine rings is 1.